The first-order valence-corrected chi connectivity index (χ1v) is 18.2. The van der Waals surface area contributed by atoms with Gasteiger partial charge in [-0.2, -0.15) is 0 Å². The van der Waals surface area contributed by atoms with Crippen molar-refractivity contribution in [1.29, 1.82) is 0 Å². The van der Waals surface area contributed by atoms with Crippen LogP contribution in [-0.4, -0.2) is 29.0 Å². The van der Waals surface area contributed by atoms with Gasteiger partial charge in [0.2, 0.25) is 0 Å². The standard InChI is InChI=1S/C42H62O3/c1-4-6-8-10-11-12-13-14-25-33-39(35(3)26-18-9-7-5-2)41(44)40(43)34-45-42(36-27-19-15-20-28-36,37-29-21-16-22-30-37)38-31-23-17-24-32-38/h15-17,19-24,27-32,35,39-41,43-44H,4-14,18,25-26,33-34H2,1-3H3/t35?,39?,40?,41-/m0/s1. The van der Waals surface area contributed by atoms with Gasteiger partial charge in [-0.15, -0.1) is 0 Å². The maximum absolute atomic E-state index is 11.8. The van der Waals surface area contributed by atoms with Crippen LogP contribution in [0.2, 0.25) is 0 Å². The van der Waals surface area contributed by atoms with Gasteiger partial charge in [0.1, 0.15) is 11.7 Å². The first-order valence-electron chi connectivity index (χ1n) is 18.2. The van der Waals surface area contributed by atoms with Crippen molar-refractivity contribution in [1.82, 2.24) is 0 Å². The van der Waals surface area contributed by atoms with Crippen LogP contribution in [0.3, 0.4) is 0 Å². The first kappa shape index (κ1) is 37.0. The largest absolute Gasteiger partial charge is 0.390 e. The van der Waals surface area contributed by atoms with Crippen LogP contribution in [0.1, 0.15) is 134 Å². The number of benzene rings is 3. The second-order valence-electron chi connectivity index (χ2n) is 13.3. The molecule has 3 nitrogen and oxygen atoms in total. The fourth-order valence-corrected chi connectivity index (χ4v) is 6.95. The van der Waals surface area contributed by atoms with Crippen LogP contribution in [-0.2, 0) is 10.3 Å². The third kappa shape index (κ3) is 11.7. The molecule has 248 valence electrons. The smallest absolute Gasteiger partial charge is 0.143 e. The van der Waals surface area contributed by atoms with Gasteiger partial charge in [0.15, 0.2) is 0 Å². The summed E-state index contributed by atoms with van der Waals surface area (Å²) in [4.78, 5) is 0. The summed E-state index contributed by atoms with van der Waals surface area (Å²) in [6.45, 7) is 6.83. The number of hydrogen-bond donors (Lipinski definition) is 2. The van der Waals surface area contributed by atoms with Crippen molar-refractivity contribution >= 4 is 0 Å². The van der Waals surface area contributed by atoms with E-state index in [2.05, 4.69) is 57.2 Å². The van der Waals surface area contributed by atoms with Crippen molar-refractivity contribution in [2.24, 2.45) is 11.8 Å². The topological polar surface area (TPSA) is 49.7 Å². The highest BCUT2D eigenvalue weighted by Gasteiger charge is 2.39. The van der Waals surface area contributed by atoms with E-state index in [1.165, 1.54) is 77.0 Å². The van der Waals surface area contributed by atoms with Gasteiger partial charge in [-0.25, -0.2) is 0 Å². The number of hydrogen-bond acceptors (Lipinski definition) is 3. The molecule has 3 rings (SSSR count). The van der Waals surface area contributed by atoms with Gasteiger partial charge < -0.3 is 14.9 Å². The molecule has 0 heterocycles. The number of ether oxygens (including phenoxy) is 1. The molecule has 3 heteroatoms. The van der Waals surface area contributed by atoms with Crippen molar-refractivity contribution in [2.75, 3.05) is 6.61 Å². The van der Waals surface area contributed by atoms with E-state index in [0.717, 1.165) is 36.0 Å². The molecule has 0 amide bonds. The van der Waals surface area contributed by atoms with E-state index in [1.54, 1.807) is 0 Å². The maximum Gasteiger partial charge on any atom is 0.143 e. The molecular weight excluding hydrogens is 552 g/mol. The average Bonchev–Trinajstić information content (AvgIpc) is 3.09. The van der Waals surface area contributed by atoms with Crippen molar-refractivity contribution in [3.05, 3.63) is 108 Å². The Bertz CT molecular complexity index is 1020. The van der Waals surface area contributed by atoms with Crippen molar-refractivity contribution in [3.63, 3.8) is 0 Å². The third-order valence-corrected chi connectivity index (χ3v) is 9.73. The quantitative estimate of drug-likeness (QED) is 0.0779. The molecule has 0 saturated carbocycles. The van der Waals surface area contributed by atoms with Crippen molar-refractivity contribution in [2.45, 2.75) is 135 Å². The summed E-state index contributed by atoms with van der Waals surface area (Å²) >= 11 is 0. The SMILES string of the molecule is CCCCCCCCCCCC(C(C)CCCCCC)[C@H](O)C(O)COC(c1ccccc1)(c1ccccc1)c1ccccc1. The highest BCUT2D eigenvalue weighted by atomic mass is 16.5. The Morgan fingerprint density at radius 1 is 0.533 bits per heavy atom. The van der Waals surface area contributed by atoms with E-state index in [-0.39, 0.29) is 12.5 Å². The Kier molecular flexibility index (Phi) is 17.6. The predicted molar refractivity (Wildman–Crippen MR) is 190 cm³/mol. The van der Waals surface area contributed by atoms with E-state index in [4.69, 9.17) is 4.74 Å². The Morgan fingerprint density at radius 2 is 0.911 bits per heavy atom. The lowest BCUT2D eigenvalue weighted by molar-refractivity contribution is -0.101. The molecule has 2 N–H and O–H groups in total. The Morgan fingerprint density at radius 3 is 1.36 bits per heavy atom. The number of unbranched alkanes of at least 4 members (excludes halogenated alkanes) is 11. The summed E-state index contributed by atoms with van der Waals surface area (Å²) in [5.74, 6) is 0.400. The highest BCUT2D eigenvalue weighted by Crippen LogP contribution is 2.41. The van der Waals surface area contributed by atoms with E-state index < -0.39 is 17.8 Å². The number of aliphatic hydroxyl groups excluding tert-OH is 2. The highest BCUT2D eigenvalue weighted by molar-refractivity contribution is 5.47. The molecule has 0 saturated heterocycles. The summed E-state index contributed by atoms with van der Waals surface area (Å²) in [5, 5.41) is 23.4. The van der Waals surface area contributed by atoms with E-state index in [1.807, 2.05) is 54.6 Å². The second-order valence-corrected chi connectivity index (χ2v) is 13.3. The third-order valence-electron chi connectivity index (χ3n) is 9.73. The normalized spacial score (nSPS) is 14.6. The van der Waals surface area contributed by atoms with Gasteiger partial charge in [-0.1, -0.05) is 202 Å². The van der Waals surface area contributed by atoms with Gasteiger partial charge in [-0.3, -0.25) is 0 Å². The van der Waals surface area contributed by atoms with Gasteiger partial charge in [0.05, 0.1) is 12.7 Å². The average molecular weight is 615 g/mol. The van der Waals surface area contributed by atoms with Crippen LogP contribution < -0.4 is 0 Å². The van der Waals surface area contributed by atoms with Crippen LogP contribution in [0.25, 0.3) is 0 Å². The lowest BCUT2D eigenvalue weighted by Gasteiger charge is -2.38. The molecule has 0 spiro atoms. The number of rotatable bonds is 24. The molecule has 3 unspecified atom stereocenters. The number of aliphatic hydroxyl groups is 2. The molecular formula is C42H62O3. The molecule has 0 aromatic heterocycles. The molecule has 3 aromatic rings. The fourth-order valence-electron chi connectivity index (χ4n) is 6.95. The first-order chi connectivity index (χ1) is 22.0. The minimum absolute atomic E-state index is 0.0384. The predicted octanol–water partition coefficient (Wildman–Crippen LogP) is 10.9. The lowest BCUT2D eigenvalue weighted by atomic mass is 9.79. The zero-order chi connectivity index (χ0) is 32.2. The Labute approximate surface area is 275 Å². The minimum atomic E-state index is -0.984. The summed E-state index contributed by atoms with van der Waals surface area (Å²) in [6.07, 6.45) is 16.7. The Hall–Kier alpha value is -2.46. The minimum Gasteiger partial charge on any atom is -0.390 e. The lowest BCUT2D eigenvalue weighted by Crippen LogP contribution is -2.43. The molecule has 0 fully saturated rings. The van der Waals surface area contributed by atoms with Crippen LogP contribution >= 0.6 is 0 Å². The monoisotopic (exact) mass is 614 g/mol. The van der Waals surface area contributed by atoms with Gasteiger partial charge in [0, 0.05) is 0 Å². The van der Waals surface area contributed by atoms with E-state index >= 15 is 0 Å². The van der Waals surface area contributed by atoms with Crippen LogP contribution in [0.5, 0.6) is 0 Å². The zero-order valence-electron chi connectivity index (χ0n) is 28.6. The van der Waals surface area contributed by atoms with Crippen molar-refractivity contribution < 1.29 is 14.9 Å². The molecule has 45 heavy (non-hydrogen) atoms. The van der Waals surface area contributed by atoms with Crippen molar-refractivity contribution in [3.8, 4) is 0 Å². The van der Waals surface area contributed by atoms with Crippen LogP contribution in [0.4, 0.5) is 0 Å². The molecule has 0 aliphatic carbocycles. The fraction of sp³-hybridized carbons (Fsp3) is 0.571. The molecule has 0 aliphatic rings. The Balaban J connectivity index is 1.75. The molecule has 0 aliphatic heterocycles. The summed E-state index contributed by atoms with van der Waals surface area (Å²) < 4.78 is 6.90. The zero-order valence-corrected chi connectivity index (χ0v) is 28.6. The molecule has 0 bridgehead atoms. The molecule has 4 atom stereocenters. The molecule has 0 radical (unpaired) electrons. The van der Waals surface area contributed by atoms with E-state index in [9.17, 15) is 10.2 Å². The second kappa shape index (κ2) is 21.4. The summed E-state index contributed by atoms with van der Waals surface area (Å²) in [7, 11) is 0. The summed E-state index contributed by atoms with van der Waals surface area (Å²) in [5.41, 5.74) is 2.09. The maximum atomic E-state index is 11.8. The van der Waals surface area contributed by atoms with Gasteiger partial charge in [-0.05, 0) is 34.9 Å². The summed E-state index contributed by atoms with van der Waals surface area (Å²) in [6, 6.07) is 30.8. The van der Waals surface area contributed by atoms with Gasteiger partial charge in [0.25, 0.3) is 0 Å². The molecule has 3 aromatic carbocycles. The van der Waals surface area contributed by atoms with Crippen LogP contribution in [0.15, 0.2) is 91.0 Å². The van der Waals surface area contributed by atoms with Gasteiger partial charge >= 0.3 is 0 Å². The van der Waals surface area contributed by atoms with E-state index in [0.29, 0.717) is 5.92 Å². The van der Waals surface area contributed by atoms with Crippen LogP contribution in [0, 0.1) is 11.8 Å².